The van der Waals surface area contributed by atoms with E-state index in [9.17, 15) is 9.59 Å². The largest absolute Gasteiger partial charge is 0.481 e. The van der Waals surface area contributed by atoms with Crippen LogP contribution in [-0.4, -0.2) is 23.5 Å². The van der Waals surface area contributed by atoms with Gasteiger partial charge in [-0.05, 0) is 24.2 Å². The molecule has 0 rings (SSSR count). The summed E-state index contributed by atoms with van der Waals surface area (Å²) in [5.41, 5.74) is 0.0758. The summed E-state index contributed by atoms with van der Waals surface area (Å²) in [4.78, 5) is 21.7. The quantitative estimate of drug-likeness (QED) is 0.721. The smallest absolute Gasteiger partial charge is 0.303 e. The van der Waals surface area contributed by atoms with Crippen molar-refractivity contribution in [2.45, 2.75) is 53.4 Å². The van der Waals surface area contributed by atoms with Crippen LogP contribution < -0.4 is 5.32 Å². The van der Waals surface area contributed by atoms with Gasteiger partial charge in [-0.1, -0.05) is 27.7 Å². The Morgan fingerprint density at radius 2 is 1.82 bits per heavy atom. The fourth-order valence-electron chi connectivity index (χ4n) is 1.82. The van der Waals surface area contributed by atoms with Crippen molar-refractivity contribution >= 4 is 11.9 Å². The van der Waals surface area contributed by atoms with E-state index < -0.39 is 5.97 Å². The van der Waals surface area contributed by atoms with Crippen LogP contribution in [-0.2, 0) is 9.59 Å². The summed E-state index contributed by atoms with van der Waals surface area (Å²) in [7, 11) is 0. The van der Waals surface area contributed by atoms with Crippen molar-refractivity contribution in [3.63, 3.8) is 0 Å². The lowest BCUT2D eigenvalue weighted by atomic mass is 9.76. The molecule has 0 aromatic carbocycles. The molecule has 0 aromatic rings. The molecule has 0 fully saturated rings. The molecule has 100 valence electrons. The van der Waals surface area contributed by atoms with Crippen molar-refractivity contribution in [3.05, 3.63) is 0 Å². The second kappa shape index (κ2) is 7.30. The van der Waals surface area contributed by atoms with Crippen LogP contribution in [0, 0.1) is 11.3 Å². The second-order valence-corrected chi connectivity index (χ2v) is 5.49. The van der Waals surface area contributed by atoms with Crippen LogP contribution >= 0.6 is 0 Å². The van der Waals surface area contributed by atoms with Gasteiger partial charge >= 0.3 is 5.97 Å². The van der Waals surface area contributed by atoms with Gasteiger partial charge < -0.3 is 10.4 Å². The van der Waals surface area contributed by atoms with Crippen LogP contribution in [0.25, 0.3) is 0 Å². The van der Waals surface area contributed by atoms with Crippen molar-refractivity contribution in [2.75, 3.05) is 6.54 Å². The average Bonchev–Trinajstić information content (AvgIpc) is 2.20. The van der Waals surface area contributed by atoms with E-state index in [2.05, 4.69) is 26.1 Å². The van der Waals surface area contributed by atoms with E-state index >= 15 is 0 Å². The lowest BCUT2D eigenvalue weighted by molar-refractivity contribution is -0.137. The maximum absolute atomic E-state index is 11.1. The van der Waals surface area contributed by atoms with Crippen molar-refractivity contribution in [1.82, 2.24) is 5.32 Å². The highest BCUT2D eigenvalue weighted by molar-refractivity contribution is 5.75. The van der Waals surface area contributed by atoms with Gasteiger partial charge in [-0.25, -0.2) is 0 Å². The van der Waals surface area contributed by atoms with Gasteiger partial charge in [0.2, 0.25) is 5.91 Å². The first kappa shape index (κ1) is 15.9. The first-order valence-corrected chi connectivity index (χ1v) is 6.25. The van der Waals surface area contributed by atoms with E-state index in [4.69, 9.17) is 5.11 Å². The zero-order chi connectivity index (χ0) is 13.5. The molecule has 0 saturated heterocycles. The molecule has 4 heteroatoms. The number of aliphatic carboxylic acids is 1. The molecule has 0 aliphatic rings. The molecule has 0 heterocycles. The molecule has 0 aliphatic heterocycles. The van der Waals surface area contributed by atoms with Crippen molar-refractivity contribution in [3.8, 4) is 0 Å². The van der Waals surface area contributed by atoms with E-state index in [0.717, 1.165) is 6.42 Å². The highest BCUT2D eigenvalue weighted by Crippen LogP contribution is 2.32. The third-order valence-electron chi connectivity index (χ3n) is 3.07. The molecule has 1 amide bonds. The van der Waals surface area contributed by atoms with Gasteiger partial charge in [-0.15, -0.1) is 0 Å². The lowest BCUT2D eigenvalue weighted by Gasteiger charge is -2.30. The minimum absolute atomic E-state index is 0.0518. The molecule has 0 radical (unpaired) electrons. The van der Waals surface area contributed by atoms with Gasteiger partial charge in [-0.3, -0.25) is 9.59 Å². The Kier molecular flexibility index (Phi) is 6.85. The van der Waals surface area contributed by atoms with Crippen LogP contribution in [0.1, 0.15) is 53.4 Å². The van der Waals surface area contributed by atoms with Crippen LogP contribution in [0.3, 0.4) is 0 Å². The first-order valence-electron chi connectivity index (χ1n) is 6.25. The zero-order valence-corrected chi connectivity index (χ0v) is 11.4. The Balaban J connectivity index is 4.12. The standard InChI is InChI=1S/C13H25NO3/c1-5-11(15)14-9-8-10(13(2,3)4)6-7-12(16)17/h10H,5-9H2,1-4H3,(H,14,15)(H,16,17). The lowest BCUT2D eigenvalue weighted by Crippen LogP contribution is -2.29. The van der Waals surface area contributed by atoms with Gasteiger partial charge in [0.25, 0.3) is 0 Å². The molecule has 0 saturated carbocycles. The van der Waals surface area contributed by atoms with Gasteiger partial charge in [0.15, 0.2) is 0 Å². The van der Waals surface area contributed by atoms with Crippen molar-refractivity contribution in [2.24, 2.45) is 11.3 Å². The van der Waals surface area contributed by atoms with Gasteiger partial charge in [0.1, 0.15) is 0 Å². The molecule has 0 spiro atoms. The third kappa shape index (κ3) is 7.77. The molecule has 0 bridgehead atoms. The number of rotatable bonds is 7. The number of hydrogen-bond acceptors (Lipinski definition) is 2. The van der Waals surface area contributed by atoms with Crippen LogP contribution in [0.5, 0.6) is 0 Å². The Hall–Kier alpha value is -1.06. The van der Waals surface area contributed by atoms with Gasteiger partial charge in [0.05, 0.1) is 0 Å². The molecular formula is C13H25NO3. The highest BCUT2D eigenvalue weighted by atomic mass is 16.4. The number of nitrogens with one attached hydrogen (secondary N) is 1. The molecule has 4 nitrogen and oxygen atoms in total. The number of carbonyl (C=O) groups is 2. The molecule has 1 atom stereocenters. The van der Waals surface area contributed by atoms with E-state index in [1.807, 2.05) is 6.92 Å². The predicted octanol–water partition coefficient (Wildman–Crippen LogP) is 2.43. The molecule has 0 aromatic heterocycles. The maximum Gasteiger partial charge on any atom is 0.303 e. The van der Waals surface area contributed by atoms with E-state index in [-0.39, 0.29) is 17.7 Å². The summed E-state index contributed by atoms with van der Waals surface area (Å²) in [5, 5.41) is 11.5. The molecule has 2 N–H and O–H groups in total. The Morgan fingerprint density at radius 1 is 1.24 bits per heavy atom. The number of carbonyl (C=O) groups excluding carboxylic acids is 1. The van der Waals surface area contributed by atoms with E-state index in [1.54, 1.807) is 0 Å². The highest BCUT2D eigenvalue weighted by Gasteiger charge is 2.24. The van der Waals surface area contributed by atoms with Crippen LogP contribution in [0.15, 0.2) is 0 Å². The minimum atomic E-state index is -0.753. The molecular weight excluding hydrogens is 218 g/mol. The zero-order valence-electron chi connectivity index (χ0n) is 11.4. The van der Waals surface area contributed by atoms with Crippen LogP contribution in [0.2, 0.25) is 0 Å². The van der Waals surface area contributed by atoms with Gasteiger partial charge in [-0.2, -0.15) is 0 Å². The Morgan fingerprint density at radius 3 is 2.24 bits per heavy atom. The summed E-state index contributed by atoms with van der Waals surface area (Å²) in [6.07, 6.45) is 2.20. The van der Waals surface area contributed by atoms with Crippen molar-refractivity contribution in [1.29, 1.82) is 0 Å². The summed E-state index contributed by atoms with van der Waals surface area (Å²) in [6, 6.07) is 0. The van der Waals surface area contributed by atoms with E-state index in [1.165, 1.54) is 0 Å². The Labute approximate surface area is 104 Å². The summed E-state index contributed by atoms with van der Waals surface area (Å²) in [6.45, 7) is 8.79. The second-order valence-electron chi connectivity index (χ2n) is 5.49. The number of carboxylic acids is 1. The SMILES string of the molecule is CCC(=O)NCCC(CCC(=O)O)C(C)(C)C. The average molecular weight is 243 g/mol. The number of carboxylic acid groups (broad SMARTS) is 1. The monoisotopic (exact) mass is 243 g/mol. The number of amides is 1. The summed E-state index contributed by atoms with van der Waals surface area (Å²) < 4.78 is 0. The Bertz CT molecular complexity index is 256. The number of hydrogen-bond donors (Lipinski definition) is 2. The molecule has 1 unspecified atom stereocenters. The summed E-state index contributed by atoms with van der Waals surface area (Å²) >= 11 is 0. The van der Waals surface area contributed by atoms with Crippen molar-refractivity contribution < 1.29 is 14.7 Å². The predicted molar refractivity (Wildman–Crippen MR) is 67.7 cm³/mol. The van der Waals surface area contributed by atoms with Crippen LogP contribution in [0.4, 0.5) is 0 Å². The van der Waals surface area contributed by atoms with E-state index in [0.29, 0.717) is 25.3 Å². The maximum atomic E-state index is 11.1. The normalized spacial score (nSPS) is 13.2. The third-order valence-corrected chi connectivity index (χ3v) is 3.07. The first-order chi connectivity index (χ1) is 7.77. The minimum Gasteiger partial charge on any atom is -0.481 e. The summed E-state index contributed by atoms with van der Waals surface area (Å²) in [5.74, 6) is -0.386. The van der Waals surface area contributed by atoms with Gasteiger partial charge in [0, 0.05) is 19.4 Å². The molecule has 0 aliphatic carbocycles. The fraction of sp³-hybridized carbons (Fsp3) is 0.846. The topological polar surface area (TPSA) is 66.4 Å². The molecule has 17 heavy (non-hydrogen) atoms. The fourth-order valence-corrected chi connectivity index (χ4v) is 1.82.